The summed E-state index contributed by atoms with van der Waals surface area (Å²) in [6.45, 7) is 1.74. The van der Waals surface area contributed by atoms with Crippen LogP contribution in [0, 0.1) is 6.92 Å². The summed E-state index contributed by atoms with van der Waals surface area (Å²) in [7, 11) is 1.56. The van der Waals surface area contributed by atoms with E-state index < -0.39 is 17.6 Å². The van der Waals surface area contributed by atoms with Crippen LogP contribution in [0.1, 0.15) is 33.4 Å². The minimum atomic E-state index is -4.46. The predicted octanol–water partition coefficient (Wildman–Crippen LogP) is 3.84. The van der Waals surface area contributed by atoms with E-state index in [4.69, 9.17) is 13.7 Å². The Balaban J connectivity index is 1.60. The van der Waals surface area contributed by atoms with Crippen LogP contribution in [-0.4, -0.2) is 28.0 Å². The van der Waals surface area contributed by atoms with Gasteiger partial charge < -0.3 is 18.6 Å². The van der Waals surface area contributed by atoms with Crippen LogP contribution in [0.4, 0.5) is 13.2 Å². The van der Waals surface area contributed by atoms with Gasteiger partial charge in [-0.2, -0.15) is 13.2 Å². The summed E-state index contributed by atoms with van der Waals surface area (Å²) in [5, 5.41) is 3.75. The molecule has 1 amide bonds. The number of rotatable bonds is 6. The van der Waals surface area contributed by atoms with E-state index in [2.05, 4.69) is 10.1 Å². The molecule has 0 aliphatic rings. The van der Waals surface area contributed by atoms with Gasteiger partial charge in [-0.3, -0.25) is 4.79 Å². The first-order chi connectivity index (χ1) is 13.2. The minimum Gasteiger partial charge on any atom is -0.484 e. The quantitative estimate of drug-likeness (QED) is 0.631. The molecule has 0 radical (unpaired) electrons. The van der Waals surface area contributed by atoms with Crippen LogP contribution in [0.15, 0.2) is 45.5 Å². The lowest BCUT2D eigenvalue weighted by molar-refractivity contribution is -0.137. The van der Waals surface area contributed by atoms with E-state index in [1.807, 2.05) is 0 Å². The molecule has 28 heavy (non-hydrogen) atoms. The first-order valence-electron chi connectivity index (χ1n) is 8.14. The van der Waals surface area contributed by atoms with E-state index in [1.165, 1.54) is 17.0 Å². The fourth-order valence-electron chi connectivity index (χ4n) is 2.37. The van der Waals surface area contributed by atoms with E-state index in [0.717, 1.165) is 18.4 Å². The molecule has 2 aromatic heterocycles. The molecule has 0 bridgehead atoms. The Morgan fingerprint density at radius 1 is 1.29 bits per heavy atom. The van der Waals surface area contributed by atoms with E-state index in [0.29, 0.717) is 11.5 Å². The highest BCUT2D eigenvalue weighted by Crippen LogP contribution is 2.31. The van der Waals surface area contributed by atoms with Crippen molar-refractivity contribution in [1.82, 2.24) is 15.0 Å². The smallest absolute Gasteiger partial charge is 0.416 e. The Labute approximate surface area is 157 Å². The fraction of sp³-hybridized carbons (Fsp3) is 0.278. The van der Waals surface area contributed by atoms with Gasteiger partial charge in [-0.1, -0.05) is 11.2 Å². The van der Waals surface area contributed by atoms with Gasteiger partial charge in [0, 0.05) is 13.1 Å². The number of halogens is 3. The van der Waals surface area contributed by atoms with Crippen LogP contribution < -0.4 is 4.74 Å². The Bertz CT molecular complexity index is 965. The molecular formula is C18H16F3N3O4. The van der Waals surface area contributed by atoms with Crippen molar-refractivity contribution in [3.8, 4) is 5.75 Å². The molecule has 7 nitrogen and oxygen atoms in total. The van der Waals surface area contributed by atoms with Crippen LogP contribution in [0.5, 0.6) is 5.75 Å². The van der Waals surface area contributed by atoms with Crippen molar-refractivity contribution in [3.63, 3.8) is 0 Å². The Kier molecular flexibility index (Phi) is 5.39. The maximum Gasteiger partial charge on any atom is 0.416 e. The third kappa shape index (κ3) is 4.70. The van der Waals surface area contributed by atoms with Crippen LogP contribution >= 0.6 is 0 Å². The Morgan fingerprint density at radius 2 is 2.07 bits per heavy atom. The number of aromatic nitrogens is 2. The number of oxazole rings is 1. The number of aryl methyl sites for hydroxylation is 1. The normalized spacial score (nSPS) is 11.5. The van der Waals surface area contributed by atoms with E-state index in [9.17, 15) is 18.0 Å². The summed E-state index contributed by atoms with van der Waals surface area (Å²) < 4.78 is 53.7. The van der Waals surface area contributed by atoms with Crippen LogP contribution in [0.2, 0.25) is 0 Å². The highest BCUT2D eigenvalue weighted by Gasteiger charge is 2.30. The Morgan fingerprint density at radius 3 is 2.75 bits per heavy atom. The number of carbonyl (C=O) groups excluding carboxylic acids is 1. The van der Waals surface area contributed by atoms with Crippen molar-refractivity contribution in [3.05, 3.63) is 65.2 Å². The lowest BCUT2D eigenvalue weighted by Crippen LogP contribution is -2.26. The molecule has 0 aliphatic heterocycles. The zero-order valence-corrected chi connectivity index (χ0v) is 15.0. The average Bonchev–Trinajstić information content (AvgIpc) is 3.28. The lowest BCUT2D eigenvalue weighted by Gasteiger charge is -2.12. The van der Waals surface area contributed by atoms with Gasteiger partial charge in [-0.15, -0.1) is 0 Å². The number of hydrogen-bond acceptors (Lipinski definition) is 6. The standard InChI is InChI=1S/C18H16F3N3O4/c1-11-6-14(28-23-11)8-24(2)17(25)15-9-27-16(22-15)10-26-13-5-3-4-12(7-13)18(19,20)21/h3-7,9H,8,10H2,1-2H3. The maximum atomic E-state index is 12.7. The number of alkyl halides is 3. The number of benzene rings is 1. The van der Waals surface area contributed by atoms with Gasteiger partial charge in [0.15, 0.2) is 18.1 Å². The van der Waals surface area contributed by atoms with Crippen molar-refractivity contribution < 1.29 is 31.6 Å². The third-order valence-electron chi connectivity index (χ3n) is 3.71. The second kappa shape index (κ2) is 7.75. The summed E-state index contributed by atoms with van der Waals surface area (Å²) >= 11 is 0. The number of hydrogen-bond donors (Lipinski definition) is 0. The number of ether oxygens (including phenoxy) is 1. The first-order valence-corrected chi connectivity index (χ1v) is 8.14. The summed E-state index contributed by atoms with van der Waals surface area (Å²) in [5.74, 6) is 0.177. The van der Waals surface area contributed by atoms with E-state index in [1.54, 1.807) is 20.0 Å². The molecule has 3 rings (SSSR count). The molecule has 0 unspecified atom stereocenters. The van der Waals surface area contributed by atoms with Crippen molar-refractivity contribution >= 4 is 5.91 Å². The van der Waals surface area contributed by atoms with Crippen molar-refractivity contribution in [2.75, 3.05) is 7.05 Å². The molecule has 1 aromatic carbocycles. The van der Waals surface area contributed by atoms with Crippen molar-refractivity contribution in [2.45, 2.75) is 26.3 Å². The van der Waals surface area contributed by atoms with Gasteiger partial charge in [0.25, 0.3) is 5.91 Å². The molecular weight excluding hydrogens is 379 g/mol. The molecule has 10 heteroatoms. The average molecular weight is 395 g/mol. The van der Waals surface area contributed by atoms with Gasteiger partial charge >= 0.3 is 6.18 Å². The molecule has 0 spiro atoms. The van der Waals surface area contributed by atoms with Crippen molar-refractivity contribution in [1.29, 1.82) is 0 Å². The number of amides is 1. The predicted molar refractivity (Wildman–Crippen MR) is 89.3 cm³/mol. The van der Waals surface area contributed by atoms with Crippen LogP contribution in [-0.2, 0) is 19.3 Å². The Hall–Kier alpha value is -3.30. The summed E-state index contributed by atoms with van der Waals surface area (Å²) in [5.41, 5.74) is -0.0785. The second-order valence-corrected chi connectivity index (χ2v) is 6.04. The molecule has 0 N–H and O–H groups in total. The van der Waals surface area contributed by atoms with Gasteiger partial charge in [0.2, 0.25) is 5.89 Å². The fourth-order valence-corrected chi connectivity index (χ4v) is 2.37. The van der Waals surface area contributed by atoms with E-state index in [-0.39, 0.29) is 30.5 Å². The van der Waals surface area contributed by atoms with Gasteiger partial charge in [-0.25, -0.2) is 4.98 Å². The van der Waals surface area contributed by atoms with Gasteiger partial charge in [0.1, 0.15) is 12.0 Å². The second-order valence-electron chi connectivity index (χ2n) is 6.04. The maximum absolute atomic E-state index is 12.7. The first kappa shape index (κ1) is 19.5. The summed E-state index contributed by atoms with van der Waals surface area (Å²) in [6, 6.07) is 6.16. The SMILES string of the molecule is Cc1cc(CN(C)C(=O)c2coc(COc3cccc(C(F)(F)F)c3)n2)on1. The molecule has 148 valence electrons. The molecule has 0 aliphatic carbocycles. The largest absolute Gasteiger partial charge is 0.484 e. The topological polar surface area (TPSA) is 81.6 Å². The summed E-state index contributed by atoms with van der Waals surface area (Å²) in [4.78, 5) is 17.8. The molecule has 0 atom stereocenters. The van der Waals surface area contributed by atoms with Gasteiger partial charge in [0.05, 0.1) is 17.8 Å². The summed E-state index contributed by atoms with van der Waals surface area (Å²) in [6.07, 6.45) is -3.30. The lowest BCUT2D eigenvalue weighted by atomic mass is 10.2. The van der Waals surface area contributed by atoms with Crippen LogP contribution in [0.3, 0.4) is 0 Å². The van der Waals surface area contributed by atoms with E-state index >= 15 is 0 Å². The highest BCUT2D eigenvalue weighted by molar-refractivity contribution is 5.91. The highest BCUT2D eigenvalue weighted by atomic mass is 19.4. The molecule has 0 saturated heterocycles. The van der Waals surface area contributed by atoms with Crippen molar-refractivity contribution in [2.24, 2.45) is 0 Å². The van der Waals surface area contributed by atoms with Crippen LogP contribution in [0.25, 0.3) is 0 Å². The monoisotopic (exact) mass is 395 g/mol. The number of nitrogens with zero attached hydrogens (tertiary/aromatic N) is 3. The molecule has 2 heterocycles. The molecule has 0 saturated carbocycles. The third-order valence-corrected chi connectivity index (χ3v) is 3.71. The zero-order valence-electron chi connectivity index (χ0n) is 15.0. The van der Waals surface area contributed by atoms with Gasteiger partial charge in [-0.05, 0) is 25.1 Å². The number of carbonyl (C=O) groups is 1. The minimum absolute atomic E-state index is 0.0127. The molecule has 3 aromatic rings. The zero-order chi connectivity index (χ0) is 20.3. The molecule has 0 fully saturated rings.